The molecule has 8 nitrogen and oxygen atoms in total. The van der Waals surface area contributed by atoms with Crippen molar-refractivity contribution in [1.82, 2.24) is 9.97 Å². The normalized spacial score (nSPS) is 12.4. The first kappa shape index (κ1) is 15.7. The number of aryl methyl sites for hydroxylation is 1. The zero-order valence-electron chi connectivity index (χ0n) is 12.8. The first-order valence-electron chi connectivity index (χ1n) is 7.32. The third-order valence-electron chi connectivity index (χ3n) is 3.59. The maximum absolute atomic E-state index is 11.4. The van der Waals surface area contributed by atoms with Crippen molar-refractivity contribution in [3.63, 3.8) is 0 Å². The lowest BCUT2D eigenvalue weighted by Crippen LogP contribution is -2.30. The smallest absolute Gasteiger partial charge is 0.326 e. The summed E-state index contributed by atoms with van der Waals surface area (Å²) in [7, 11) is 0. The fraction of sp³-hybridized carbons (Fsp3) is 0.250. The van der Waals surface area contributed by atoms with Gasteiger partial charge in [-0.1, -0.05) is 12.1 Å². The molecule has 0 unspecified atom stereocenters. The van der Waals surface area contributed by atoms with Gasteiger partial charge < -0.3 is 19.9 Å². The highest BCUT2D eigenvalue weighted by atomic mass is 16.4. The quantitative estimate of drug-likeness (QED) is 0.629. The predicted molar refractivity (Wildman–Crippen MR) is 86.0 cm³/mol. The van der Waals surface area contributed by atoms with Crippen LogP contribution in [0.4, 0.5) is 5.82 Å². The van der Waals surface area contributed by atoms with Gasteiger partial charge in [-0.2, -0.15) is 0 Å². The molecule has 0 aliphatic heterocycles. The number of anilines is 1. The van der Waals surface area contributed by atoms with E-state index in [9.17, 15) is 14.7 Å². The van der Waals surface area contributed by atoms with Crippen LogP contribution in [-0.2, 0) is 9.59 Å². The fourth-order valence-electron chi connectivity index (χ4n) is 2.49. The number of fused-ring (bicyclic) bond motifs is 3. The maximum Gasteiger partial charge on any atom is 0.326 e. The van der Waals surface area contributed by atoms with Gasteiger partial charge in [-0.3, -0.25) is 4.79 Å². The number of carbonyl (C=O) groups is 2. The number of hydrogen-bond acceptors (Lipinski definition) is 6. The van der Waals surface area contributed by atoms with E-state index in [-0.39, 0.29) is 18.7 Å². The average Bonchev–Trinajstić information content (AvgIpc) is 2.89. The summed E-state index contributed by atoms with van der Waals surface area (Å²) in [6, 6.07) is 6.23. The summed E-state index contributed by atoms with van der Waals surface area (Å²) in [5.41, 5.74) is 1.55. The molecule has 0 radical (unpaired) electrons. The van der Waals surface area contributed by atoms with E-state index in [1.807, 2.05) is 18.2 Å². The number of para-hydroxylation sites is 1. The first-order valence-corrected chi connectivity index (χ1v) is 7.32. The first-order chi connectivity index (χ1) is 11.5. The second-order valence-electron chi connectivity index (χ2n) is 5.36. The van der Waals surface area contributed by atoms with Crippen molar-refractivity contribution in [1.29, 1.82) is 0 Å². The highest BCUT2D eigenvalue weighted by molar-refractivity contribution is 6.05. The number of aromatic nitrogens is 2. The van der Waals surface area contributed by atoms with E-state index in [4.69, 9.17) is 9.52 Å². The molecular formula is C16H15N3O5. The van der Waals surface area contributed by atoms with Gasteiger partial charge in [0.05, 0.1) is 0 Å². The van der Waals surface area contributed by atoms with E-state index in [1.165, 1.54) is 0 Å². The van der Waals surface area contributed by atoms with Crippen LogP contribution in [0.25, 0.3) is 22.1 Å². The summed E-state index contributed by atoms with van der Waals surface area (Å²) in [5.74, 6) is -1.52. The topological polar surface area (TPSA) is 126 Å². The maximum atomic E-state index is 11.4. The lowest BCUT2D eigenvalue weighted by atomic mass is 10.1. The number of hydrogen-bond donors (Lipinski definition) is 3. The van der Waals surface area contributed by atoms with E-state index in [2.05, 4.69) is 15.3 Å². The molecule has 0 bridgehead atoms. The standard InChI is InChI=1S/C16H15N3O5/c1-8-17-13-9-4-2-3-5-11(9)24-14(13)15(18-8)19-10(16(22)23)6-7-12(20)21/h2-5,10H,6-7H2,1H3,(H,20,21)(H,22,23)(H,17,18,19)/t10-/m0/s1. The number of carboxylic acid groups (broad SMARTS) is 2. The minimum absolute atomic E-state index is 0.0740. The second kappa shape index (κ2) is 6.15. The molecule has 2 aromatic heterocycles. The molecule has 3 rings (SSSR count). The largest absolute Gasteiger partial charge is 0.481 e. The Bertz CT molecular complexity index is 934. The SMILES string of the molecule is Cc1nc(N[C@@H](CCC(=O)O)C(=O)O)c2oc3ccccc3c2n1. The van der Waals surface area contributed by atoms with Gasteiger partial charge in [0, 0.05) is 11.8 Å². The van der Waals surface area contributed by atoms with Gasteiger partial charge in [-0.15, -0.1) is 0 Å². The lowest BCUT2D eigenvalue weighted by molar-refractivity contribution is -0.139. The van der Waals surface area contributed by atoms with Crippen LogP contribution in [0.15, 0.2) is 28.7 Å². The van der Waals surface area contributed by atoms with Crippen molar-refractivity contribution in [2.75, 3.05) is 5.32 Å². The monoisotopic (exact) mass is 329 g/mol. The van der Waals surface area contributed by atoms with Crippen molar-refractivity contribution in [3.8, 4) is 0 Å². The summed E-state index contributed by atoms with van der Waals surface area (Å²) in [5, 5.41) is 21.6. The lowest BCUT2D eigenvalue weighted by Gasteiger charge is -2.14. The van der Waals surface area contributed by atoms with Crippen LogP contribution < -0.4 is 5.32 Å². The Morgan fingerprint density at radius 2 is 2.00 bits per heavy atom. The van der Waals surface area contributed by atoms with E-state index in [0.29, 0.717) is 22.5 Å². The molecule has 0 saturated heterocycles. The number of rotatable bonds is 6. The third kappa shape index (κ3) is 2.98. The number of carboxylic acids is 2. The van der Waals surface area contributed by atoms with Crippen molar-refractivity contribution >= 4 is 39.8 Å². The van der Waals surface area contributed by atoms with Crippen LogP contribution in [0.1, 0.15) is 18.7 Å². The van der Waals surface area contributed by atoms with Crippen molar-refractivity contribution in [3.05, 3.63) is 30.1 Å². The van der Waals surface area contributed by atoms with Crippen molar-refractivity contribution < 1.29 is 24.2 Å². The number of furan rings is 1. The van der Waals surface area contributed by atoms with E-state index < -0.39 is 18.0 Å². The van der Waals surface area contributed by atoms with Gasteiger partial charge in [0.1, 0.15) is 23.0 Å². The second-order valence-corrected chi connectivity index (χ2v) is 5.36. The third-order valence-corrected chi connectivity index (χ3v) is 3.59. The molecule has 2 heterocycles. The van der Waals surface area contributed by atoms with Crippen LogP contribution in [0.2, 0.25) is 0 Å². The van der Waals surface area contributed by atoms with Gasteiger partial charge >= 0.3 is 11.9 Å². The van der Waals surface area contributed by atoms with Gasteiger partial charge in [-0.05, 0) is 25.5 Å². The van der Waals surface area contributed by atoms with E-state index in [1.54, 1.807) is 13.0 Å². The molecule has 24 heavy (non-hydrogen) atoms. The summed E-state index contributed by atoms with van der Waals surface area (Å²) in [4.78, 5) is 30.7. The Morgan fingerprint density at radius 3 is 2.71 bits per heavy atom. The minimum Gasteiger partial charge on any atom is -0.481 e. The van der Waals surface area contributed by atoms with Crippen LogP contribution in [0.5, 0.6) is 0 Å². The zero-order chi connectivity index (χ0) is 17.3. The number of aliphatic carboxylic acids is 2. The molecule has 1 aromatic carbocycles. The molecule has 124 valence electrons. The summed E-state index contributed by atoms with van der Waals surface area (Å²) >= 11 is 0. The number of nitrogens with zero attached hydrogens (tertiary/aromatic N) is 2. The molecular weight excluding hydrogens is 314 g/mol. The molecule has 3 aromatic rings. The molecule has 8 heteroatoms. The Hall–Kier alpha value is -3.16. The van der Waals surface area contributed by atoms with Crippen LogP contribution >= 0.6 is 0 Å². The average molecular weight is 329 g/mol. The molecule has 0 saturated carbocycles. The number of nitrogens with one attached hydrogen (secondary N) is 1. The van der Waals surface area contributed by atoms with Gasteiger partial charge in [-0.25, -0.2) is 14.8 Å². The Morgan fingerprint density at radius 1 is 1.25 bits per heavy atom. The van der Waals surface area contributed by atoms with Gasteiger partial charge in [0.25, 0.3) is 0 Å². The Balaban J connectivity index is 2.04. The molecule has 0 fully saturated rings. The molecule has 0 amide bonds. The van der Waals surface area contributed by atoms with Crippen molar-refractivity contribution in [2.45, 2.75) is 25.8 Å². The molecule has 3 N–H and O–H groups in total. The van der Waals surface area contributed by atoms with Crippen molar-refractivity contribution in [2.24, 2.45) is 0 Å². The Labute approximate surface area is 136 Å². The van der Waals surface area contributed by atoms with Crippen LogP contribution in [0, 0.1) is 6.92 Å². The fourth-order valence-corrected chi connectivity index (χ4v) is 2.49. The van der Waals surface area contributed by atoms with Gasteiger partial charge in [0.2, 0.25) is 0 Å². The number of benzene rings is 1. The van der Waals surface area contributed by atoms with Crippen LogP contribution in [0.3, 0.4) is 0 Å². The van der Waals surface area contributed by atoms with Crippen LogP contribution in [-0.4, -0.2) is 38.2 Å². The highest BCUT2D eigenvalue weighted by Gasteiger charge is 2.22. The molecule has 0 aliphatic rings. The van der Waals surface area contributed by atoms with E-state index in [0.717, 1.165) is 5.39 Å². The summed E-state index contributed by atoms with van der Waals surface area (Å²) in [6.07, 6.45) is -0.341. The molecule has 0 spiro atoms. The zero-order valence-corrected chi connectivity index (χ0v) is 12.8. The molecule has 1 atom stereocenters. The minimum atomic E-state index is -1.16. The predicted octanol–water partition coefficient (Wildman–Crippen LogP) is 2.41. The highest BCUT2D eigenvalue weighted by Crippen LogP contribution is 2.31. The van der Waals surface area contributed by atoms with E-state index >= 15 is 0 Å². The summed E-state index contributed by atoms with van der Waals surface area (Å²) in [6.45, 7) is 1.69. The van der Waals surface area contributed by atoms with Gasteiger partial charge in [0.15, 0.2) is 11.4 Å². The molecule has 0 aliphatic carbocycles. The summed E-state index contributed by atoms with van der Waals surface area (Å²) < 4.78 is 5.75. The Kier molecular flexibility index (Phi) is 4.03.